The summed E-state index contributed by atoms with van der Waals surface area (Å²) in [6, 6.07) is 3.53. The predicted molar refractivity (Wildman–Crippen MR) is 83.2 cm³/mol. The minimum absolute atomic E-state index is 0.112. The lowest BCUT2D eigenvalue weighted by Crippen LogP contribution is -2.49. The number of amides is 1. The third-order valence-corrected chi connectivity index (χ3v) is 4.00. The van der Waals surface area contributed by atoms with Gasteiger partial charge in [0.2, 0.25) is 5.91 Å². The predicted octanol–water partition coefficient (Wildman–Crippen LogP) is 2.42. The number of rotatable bonds is 7. The van der Waals surface area contributed by atoms with E-state index in [-0.39, 0.29) is 17.9 Å². The molecule has 0 bridgehead atoms. The van der Waals surface area contributed by atoms with Crippen LogP contribution in [0.2, 0.25) is 0 Å². The number of hydrogen-bond donors (Lipinski definition) is 2. The van der Waals surface area contributed by atoms with Crippen molar-refractivity contribution >= 4 is 5.91 Å². The first-order valence-corrected chi connectivity index (χ1v) is 7.53. The summed E-state index contributed by atoms with van der Waals surface area (Å²) in [4.78, 5) is 16.4. The molecule has 120 valence electrons. The lowest BCUT2D eigenvalue weighted by atomic mass is 9.94. The summed E-state index contributed by atoms with van der Waals surface area (Å²) < 4.78 is 10.8. The van der Waals surface area contributed by atoms with Crippen LogP contribution in [-0.2, 0) is 11.2 Å². The highest BCUT2D eigenvalue weighted by atomic mass is 16.4. The molecule has 0 spiro atoms. The SMILES string of the molecule is CCC(N)(CC)CNC(=O)Cc1nc(-c2ccco2)oc1C. The maximum absolute atomic E-state index is 12.1. The molecule has 0 radical (unpaired) electrons. The summed E-state index contributed by atoms with van der Waals surface area (Å²) in [5, 5.41) is 2.88. The van der Waals surface area contributed by atoms with Crippen LogP contribution in [0.15, 0.2) is 27.2 Å². The first-order valence-electron chi connectivity index (χ1n) is 7.53. The number of carbonyl (C=O) groups excluding carboxylic acids is 1. The van der Waals surface area contributed by atoms with E-state index in [1.165, 1.54) is 0 Å². The molecule has 1 amide bonds. The fraction of sp³-hybridized carbons (Fsp3) is 0.500. The van der Waals surface area contributed by atoms with Gasteiger partial charge in [-0.1, -0.05) is 13.8 Å². The number of nitrogens with two attached hydrogens (primary N) is 1. The van der Waals surface area contributed by atoms with Gasteiger partial charge >= 0.3 is 0 Å². The van der Waals surface area contributed by atoms with Crippen molar-refractivity contribution in [3.8, 4) is 11.7 Å². The molecule has 2 aromatic heterocycles. The first kappa shape index (κ1) is 16.3. The Labute approximate surface area is 130 Å². The van der Waals surface area contributed by atoms with Crippen LogP contribution in [0.4, 0.5) is 0 Å². The lowest BCUT2D eigenvalue weighted by Gasteiger charge is -2.26. The van der Waals surface area contributed by atoms with Gasteiger partial charge in [0.05, 0.1) is 18.4 Å². The van der Waals surface area contributed by atoms with E-state index < -0.39 is 0 Å². The van der Waals surface area contributed by atoms with Gasteiger partial charge in [-0.3, -0.25) is 4.79 Å². The Kier molecular flexibility index (Phi) is 5.03. The van der Waals surface area contributed by atoms with E-state index >= 15 is 0 Å². The van der Waals surface area contributed by atoms with Crippen molar-refractivity contribution < 1.29 is 13.6 Å². The van der Waals surface area contributed by atoms with E-state index in [1.807, 2.05) is 13.8 Å². The van der Waals surface area contributed by atoms with Crippen molar-refractivity contribution in [2.75, 3.05) is 6.54 Å². The standard InChI is InChI=1S/C16H23N3O3/c1-4-16(17,5-2)10-18-14(20)9-12-11(3)22-15(19-12)13-7-6-8-21-13/h6-8H,4-5,9-10,17H2,1-3H3,(H,18,20). The van der Waals surface area contributed by atoms with Crippen molar-refractivity contribution in [2.45, 2.75) is 45.6 Å². The molecule has 0 aliphatic heterocycles. The van der Waals surface area contributed by atoms with E-state index in [4.69, 9.17) is 14.6 Å². The average Bonchev–Trinajstić information content (AvgIpc) is 3.15. The van der Waals surface area contributed by atoms with Gasteiger partial charge in [0, 0.05) is 12.1 Å². The van der Waals surface area contributed by atoms with Gasteiger partial charge in [-0.15, -0.1) is 0 Å². The maximum Gasteiger partial charge on any atom is 0.263 e. The minimum Gasteiger partial charge on any atom is -0.459 e. The highest BCUT2D eigenvalue weighted by Crippen LogP contribution is 2.22. The molecule has 2 heterocycles. The quantitative estimate of drug-likeness (QED) is 0.819. The van der Waals surface area contributed by atoms with Gasteiger partial charge in [-0.05, 0) is 31.9 Å². The Hall–Kier alpha value is -2.08. The number of furan rings is 1. The van der Waals surface area contributed by atoms with Gasteiger partial charge in [-0.2, -0.15) is 0 Å². The van der Waals surface area contributed by atoms with Crippen LogP contribution >= 0.6 is 0 Å². The fourth-order valence-electron chi connectivity index (χ4n) is 2.09. The Bertz CT molecular complexity index is 613. The first-order chi connectivity index (χ1) is 10.5. The van der Waals surface area contributed by atoms with E-state index in [1.54, 1.807) is 25.3 Å². The summed E-state index contributed by atoms with van der Waals surface area (Å²) in [5.41, 5.74) is 6.43. The zero-order valence-electron chi connectivity index (χ0n) is 13.3. The topological polar surface area (TPSA) is 94.3 Å². The van der Waals surface area contributed by atoms with Gasteiger partial charge in [-0.25, -0.2) is 4.98 Å². The summed E-state index contributed by atoms with van der Waals surface area (Å²) in [6.45, 7) is 6.29. The molecule has 0 atom stereocenters. The molecule has 2 aromatic rings. The van der Waals surface area contributed by atoms with E-state index in [0.29, 0.717) is 29.6 Å². The molecule has 3 N–H and O–H groups in total. The second kappa shape index (κ2) is 6.79. The molecule has 0 saturated carbocycles. The molecule has 0 aliphatic rings. The number of nitrogens with zero attached hydrogens (tertiary/aromatic N) is 1. The summed E-state index contributed by atoms with van der Waals surface area (Å²) in [6.07, 6.45) is 3.35. The smallest absolute Gasteiger partial charge is 0.263 e. The molecule has 0 unspecified atom stereocenters. The lowest BCUT2D eigenvalue weighted by molar-refractivity contribution is -0.120. The largest absolute Gasteiger partial charge is 0.459 e. The van der Waals surface area contributed by atoms with Crippen molar-refractivity contribution in [2.24, 2.45) is 5.73 Å². The third-order valence-electron chi connectivity index (χ3n) is 4.00. The van der Waals surface area contributed by atoms with Gasteiger partial charge in [0.15, 0.2) is 5.76 Å². The average molecular weight is 305 g/mol. The number of aromatic nitrogens is 1. The van der Waals surface area contributed by atoms with Crippen LogP contribution in [0.1, 0.15) is 38.1 Å². The van der Waals surface area contributed by atoms with Gasteiger partial charge in [0.1, 0.15) is 5.76 Å². The van der Waals surface area contributed by atoms with E-state index in [2.05, 4.69) is 10.3 Å². The van der Waals surface area contributed by atoms with Crippen LogP contribution in [0.25, 0.3) is 11.7 Å². The number of nitrogens with one attached hydrogen (secondary N) is 1. The molecular weight excluding hydrogens is 282 g/mol. The maximum atomic E-state index is 12.1. The van der Waals surface area contributed by atoms with Crippen molar-refractivity contribution in [1.82, 2.24) is 10.3 Å². The van der Waals surface area contributed by atoms with Crippen LogP contribution < -0.4 is 11.1 Å². The molecule has 2 rings (SSSR count). The minimum atomic E-state index is -0.353. The summed E-state index contributed by atoms with van der Waals surface area (Å²) in [5.74, 6) is 1.44. The highest BCUT2D eigenvalue weighted by Gasteiger charge is 2.22. The van der Waals surface area contributed by atoms with Crippen LogP contribution in [0, 0.1) is 6.92 Å². The van der Waals surface area contributed by atoms with Gasteiger partial charge < -0.3 is 19.9 Å². The number of carbonyl (C=O) groups is 1. The molecular formula is C16H23N3O3. The molecule has 0 fully saturated rings. The molecule has 0 aliphatic carbocycles. The van der Waals surface area contributed by atoms with E-state index in [0.717, 1.165) is 12.8 Å². The van der Waals surface area contributed by atoms with Crippen LogP contribution in [-0.4, -0.2) is 23.0 Å². The fourth-order valence-corrected chi connectivity index (χ4v) is 2.09. The zero-order chi connectivity index (χ0) is 16.2. The second-order valence-corrected chi connectivity index (χ2v) is 5.52. The van der Waals surface area contributed by atoms with Gasteiger partial charge in [0.25, 0.3) is 5.89 Å². The molecule has 22 heavy (non-hydrogen) atoms. The second-order valence-electron chi connectivity index (χ2n) is 5.52. The molecule has 6 heteroatoms. The number of aryl methyl sites for hydroxylation is 1. The zero-order valence-corrected chi connectivity index (χ0v) is 13.3. The monoisotopic (exact) mass is 305 g/mol. The number of hydrogen-bond acceptors (Lipinski definition) is 5. The van der Waals surface area contributed by atoms with Crippen molar-refractivity contribution in [3.05, 3.63) is 29.9 Å². The Balaban J connectivity index is 1.97. The Morgan fingerprint density at radius 3 is 2.73 bits per heavy atom. The molecule has 6 nitrogen and oxygen atoms in total. The third kappa shape index (κ3) is 3.76. The summed E-state index contributed by atoms with van der Waals surface area (Å²) in [7, 11) is 0. The normalized spacial score (nSPS) is 11.6. The number of oxazole rings is 1. The molecule has 0 aromatic carbocycles. The highest BCUT2D eigenvalue weighted by molar-refractivity contribution is 5.78. The van der Waals surface area contributed by atoms with Crippen LogP contribution in [0.5, 0.6) is 0 Å². The van der Waals surface area contributed by atoms with E-state index in [9.17, 15) is 4.79 Å². The Morgan fingerprint density at radius 1 is 1.41 bits per heavy atom. The summed E-state index contributed by atoms with van der Waals surface area (Å²) >= 11 is 0. The Morgan fingerprint density at radius 2 is 2.14 bits per heavy atom. The van der Waals surface area contributed by atoms with Crippen molar-refractivity contribution in [3.63, 3.8) is 0 Å². The molecule has 0 saturated heterocycles. The van der Waals surface area contributed by atoms with Crippen LogP contribution in [0.3, 0.4) is 0 Å². The van der Waals surface area contributed by atoms with Crippen molar-refractivity contribution in [1.29, 1.82) is 0 Å².